The molecular weight excluding hydrogens is 410 g/mol. The van der Waals surface area contributed by atoms with Gasteiger partial charge in [-0.2, -0.15) is 0 Å². The first-order valence-corrected chi connectivity index (χ1v) is 12.5. The van der Waals surface area contributed by atoms with Gasteiger partial charge in [-0.05, 0) is 37.1 Å². The normalized spacial score (nSPS) is 16.2. The first-order chi connectivity index (χ1) is 15.1. The van der Waals surface area contributed by atoms with Gasteiger partial charge in [0.1, 0.15) is 0 Å². The standard InChI is InChI=1S/C23H33N5O2S/c1-24-23(25-14-17-31(29,30)27-18-20-10-4-2-5-11-20)26-19-22(28-15-8-9-16-28)21-12-6-3-7-13-21/h2-7,10-13,22,27H,8-9,14-19H2,1H3,(H2,24,25,26). The minimum Gasteiger partial charge on any atom is -0.355 e. The van der Waals surface area contributed by atoms with Crippen LogP contribution in [0.15, 0.2) is 65.7 Å². The van der Waals surface area contributed by atoms with Crippen LogP contribution < -0.4 is 15.4 Å². The van der Waals surface area contributed by atoms with Gasteiger partial charge in [-0.25, -0.2) is 13.1 Å². The Kier molecular flexibility index (Phi) is 8.87. The number of nitrogens with one attached hydrogen (secondary N) is 3. The maximum Gasteiger partial charge on any atom is 0.213 e. The second-order valence-corrected chi connectivity index (χ2v) is 9.60. The molecule has 0 bridgehead atoms. The van der Waals surface area contributed by atoms with Crippen molar-refractivity contribution in [1.29, 1.82) is 0 Å². The van der Waals surface area contributed by atoms with Crippen molar-refractivity contribution in [3.63, 3.8) is 0 Å². The van der Waals surface area contributed by atoms with E-state index in [4.69, 9.17) is 0 Å². The molecule has 1 fully saturated rings. The van der Waals surface area contributed by atoms with Gasteiger partial charge >= 0.3 is 0 Å². The van der Waals surface area contributed by atoms with Crippen molar-refractivity contribution in [3.8, 4) is 0 Å². The van der Waals surface area contributed by atoms with Gasteiger partial charge in [0.2, 0.25) is 10.0 Å². The minimum atomic E-state index is -3.37. The number of hydrogen-bond acceptors (Lipinski definition) is 4. The molecule has 3 N–H and O–H groups in total. The SMILES string of the molecule is CN=C(NCCS(=O)(=O)NCc1ccccc1)NCC(c1ccccc1)N1CCCC1. The molecule has 3 rings (SSSR count). The summed E-state index contributed by atoms with van der Waals surface area (Å²) < 4.78 is 27.2. The third-order valence-electron chi connectivity index (χ3n) is 5.45. The van der Waals surface area contributed by atoms with Gasteiger partial charge in [0.15, 0.2) is 5.96 Å². The third kappa shape index (κ3) is 7.65. The van der Waals surface area contributed by atoms with E-state index in [1.165, 1.54) is 18.4 Å². The number of sulfonamides is 1. The first-order valence-electron chi connectivity index (χ1n) is 10.8. The highest BCUT2D eigenvalue weighted by molar-refractivity contribution is 7.89. The summed E-state index contributed by atoms with van der Waals surface area (Å²) in [6, 6.07) is 20.2. The predicted octanol–water partition coefficient (Wildman–Crippen LogP) is 2.11. The van der Waals surface area contributed by atoms with Crippen LogP contribution in [0.2, 0.25) is 0 Å². The molecule has 2 aromatic carbocycles. The zero-order chi connectivity index (χ0) is 21.9. The van der Waals surface area contributed by atoms with Crippen molar-refractivity contribution < 1.29 is 8.42 Å². The van der Waals surface area contributed by atoms with Gasteiger partial charge in [-0.3, -0.25) is 9.89 Å². The smallest absolute Gasteiger partial charge is 0.213 e. The lowest BCUT2D eigenvalue weighted by atomic mass is 10.1. The van der Waals surface area contributed by atoms with Gasteiger partial charge in [-0.15, -0.1) is 0 Å². The van der Waals surface area contributed by atoms with E-state index in [0.717, 1.165) is 18.7 Å². The molecule has 1 aliphatic heterocycles. The van der Waals surface area contributed by atoms with E-state index in [1.54, 1.807) is 7.05 Å². The van der Waals surface area contributed by atoms with Crippen LogP contribution in [0.3, 0.4) is 0 Å². The second kappa shape index (κ2) is 11.8. The summed E-state index contributed by atoms with van der Waals surface area (Å²) in [5, 5.41) is 6.49. The summed E-state index contributed by atoms with van der Waals surface area (Å²) in [6.07, 6.45) is 2.45. The molecule has 1 heterocycles. The fourth-order valence-electron chi connectivity index (χ4n) is 3.77. The van der Waals surface area contributed by atoms with E-state index < -0.39 is 10.0 Å². The summed E-state index contributed by atoms with van der Waals surface area (Å²) >= 11 is 0. The molecule has 0 saturated carbocycles. The highest BCUT2D eigenvalue weighted by Gasteiger charge is 2.23. The molecule has 8 heteroatoms. The van der Waals surface area contributed by atoms with Crippen LogP contribution in [-0.2, 0) is 16.6 Å². The fourth-order valence-corrected chi connectivity index (χ4v) is 4.67. The molecule has 7 nitrogen and oxygen atoms in total. The minimum absolute atomic E-state index is 0.0191. The predicted molar refractivity (Wildman–Crippen MR) is 126 cm³/mol. The molecule has 31 heavy (non-hydrogen) atoms. The molecule has 0 amide bonds. The Bertz CT molecular complexity index is 913. The van der Waals surface area contributed by atoms with Crippen molar-refractivity contribution in [1.82, 2.24) is 20.3 Å². The quantitative estimate of drug-likeness (QED) is 0.387. The first kappa shape index (κ1) is 23.2. The molecule has 1 atom stereocenters. The van der Waals surface area contributed by atoms with Crippen molar-refractivity contribution in [3.05, 3.63) is 71.8 Å². The fraction of sp³-hybridized carbons (Fsp3) is 0.435. The lowest BCUT2D eigenvalue weighted by Crippen LogP contribution is -2.44. The summed E-state index contributed by atoms with van der Waals surface area (Å²) in [7, 11) is -1.68. The van der Waals surface area contributed by atoms with E-state index in [-0.39, 0.29) is 18.3 Å². The maximum atomic E-state index is 12.3. The Morgan fingerprint density at radius 2 is 1.65 bits per heavy atom. The molecule has 1 aliphatic rings. The van der Waals surface area contributed by atoms with Crippen LogP contribution in [0.25, 0.3) is 0 Å². The van der Waals surface area contributed by atoms with Gasteiger partial charge < -0.3 is 10.6 Å². The molecule has 2 aromatic rings. The lowest BCUT2D eigenvalue weighted by Gasteiger charge is -2.29. The van der Waals surface area contributed by atoms with Gasteiger partial charge in [-0.1, -0.05) is 60.7 Å². The highest BCUT2D eigenvalue weighted by Crippen LogP contribution is 2.24. The molecule has 0 radical (unpaired) electrons. The Labute approximate surface area is 186 Å². The number of aliphatic imine (C=N–C) groups is 1. The topological polar surface area (TPSA) is 85.8 Å². The maximum absolute atomic E-state index is 12.3. The van der Waals surface area contributed by atoms with Crippen LogP contribution in [-0.4, -0.2) is 58.3 Å². The molecule has 1 unspecified atom stereocenters. The highest BCUT2D eigenvalue weighted by atomic mass is 32.2. The zero-order valence-electron chi connectivity index (χ0n) is 18.1. The van der Waals surface area contributed by atoms with E-state index >= 15 is 0 Å². The number of likely N-dealkylation sites (tertiary alicyclic amines) is 1. The molecule has 168 valence electrons. The van der Waals surface area contributed by atoms with Gasteiger partial charge in [0.05, 0.1) is 11.8 Å². The van der Waals surface area contributed by atoms with Gasteiger partial charge in [0.25, 0.3) is 0 Å². The van der Waals surface area contributed by atoms with Crippen LogP contribution >= 0.6 is 0 Å². The molecule has 1 saturated heterocycles. The van der Waals surface area contributed by atoms with Crippen molar-refractivity contribution in [2.75, 3.05) is 39.0 Å². The average Bonchev–Trinajstić information content (AvgIpc) is 3.33. The lowest BCUT2D eigenvalue weighted by molar-refractivity contribution is 0.245. The number of guanidine groups is 1. The van der Waals surface area contributed by atoms with Crippen LogP contribution in [0.1, 0.15) is 30.0 Å². The Morgan fingerprint density at radius 3 is 2.29 bits per heavy atom. The number of hydrogen-bond donors (Lipinski definition) is 3. The molecule has 0 aliphatic carbocycles. The number of rotatable bonds is 10. The number of benzene rings is 2. The van der Waals surface area contributed by atoms with Crippen molar-refractivity contribution >= 4 is 16.0 Å². The molecule has 0 spiro atoms. The van der Waals surface area contributed by atoms with Crippen LogP contribution in [0.4, 0.5) is 0 Å². The zero-order valence-corrected chi connectivity index (χ0v) is 18.9. The summed E-state index contributed by atoms with van der Waals surface area (Å²) in [5.41, 5.74) is 2.21. The summed E-state index contributed by atoms with van der Waals surface area (Å²) in [6.45, 7) is 3.48. The summed E-state index contributed by atoms with van der Waals surface area (Å²) in [4.78, 5) is 6.75. The van der Waals surface area contributed by atoms with Gasteiger partial charge in [0, 0.05) is 26.7 Å². The van der Waals surface area contributed by atoms with E-state index in [0.29, 0.717) is 19.0 Å². The van der Waals surface area contributed by atoms with Crippen LogP contribution in [0.5, 0.6) is 0 Å². The average molecular weight is 444 g/mol. The third-order valence-corrected chi connectivity index (χ3v) is 6.78. The molecular formula is C23H33N5O2S. The van der Waals surface area contributed by atoms with E-state index in [1.807, 2.05) is 36.4 Å². The second-order valence-electron chi connectivity index (χ2n) is 7.68. The van der Waals surface area contributed by atoms with E-state index in [2.05, 4.69) is 49.5 Å². The van der Waals surface area contributed by atoms with Crippen molar-refractivity contribution in [2.45, 2.75) is 25.4 Å². The molecule has 0 aromatic heterocycles. The summed E-state index contributed by atoms with van der Waals surface area (Å²) in [5.74, 6) is 0.591. The monoisotopic (exact) mass is 443 g/mol. The van der Waals surface area contributed by atoms with Crippen molar-refractivity contribution in [2.24, 2.45) is 4.99 Å². The Balaban J connectivity index is 1.47. The Hall–Kier alpha value is -2.42. The number of nitrogens with zero attached hydrogens (tertiary/aromatic N) is 2. The van der Waals surface area contributed by atoms with Crippen LogP contribution in [0, 0.1) is 0 Å². The Morgan fingerprint density at radius 1 is 1.00 bits per heavy atom. The van der Waals surface area contributed by atoms with E-state index in [9.17, 15) is 8.42 Å². The largest absolute Gasteiger partial charge is 0.355 e.